The van der Waals surface area contributed by atoms with Crippen LogP contribution in [0.5, 0.6) is 0 Å². The lowest BCUT2D eigenvalue weighted by Crippen LogP contribution is -2.33. The molecule has 3 heterocycles. The Kier molecular flexibility index (Phi) is 8.31. The summed E-state index contributed by atoms with van der Waals surface area (Å²) in [4.78, 5) is 42.3. The molecule has 1 saturated heterocycles. The van der Waals surface area contributed by atoms with Crippen molar-refractivity contribution >= 4 is 38.4 Å². The van der Waals surface area contributed by atoms with Gasteiger partial charge in [-0.3, -0.25) is 18.4 Å². The van der Waals surface area contributed by atoms with Crippen molar-refractivity contribution in [1.82, 2.24) is 19.5 Å². The first-order valence-electron chi connectivity index (χ1n) is 9.70. The molecule has 0 spiro atoms. The molecule has 0 aliphatic carbocycles. The number of fused-ring (bicyclic) bond motifs is 1. The highest BCUT2D eigenvalue weighted by Crippen LogP contribution is 2.60. The van der Waals surface area contributed by atoms with Crippen LogP contribution in [-0.4, -0.2) is 76.8 Å². The molecule has 34 heavy (non-hydrogen) atoms. The minimum absolute atomic E-state index is 0.0119. The second kappa shape index (κ2) is 10.7. The minimum Gasteiger partial charge on any atom is -0.387 e. The van der Waals surface area contributed by atoms with Gasteiger partial charge in [0.1, 0.15) is 30.2 Å². The first-order chi connectivity index (χ1) is 15.9. The Morgan fingerprint density at radius 1 is 1.21 bits per heavy atom. The summed E-state index contributed by atoms with van der Waals surface area (Å²) < 4.78 is 44.1. The van der Waals surface area contributed by atoms with Crippen LogP contribution in [0, 0.1) is 0 Å². The average Bonchev–Trinajstić information content (AvgIpc) is 3.31. The van der Waals surface area contributed by atoms with E-state index in [9.17, 15) is 33.9 Å². The molecule has 1 fully saturated rings. The summed E-state index contributed by atoms with van der Waals surface area (Å²) in [7, 11) is -10.2. The molecule has 0 radical (unpaired) electrons. The van der Waals surface area contributed by atoms with E-state index in [0.717, 1.165) is 6.08 Å². The van der Waals surface area contributed by atoms with Crippen LogP contribution in [0.4, 0.5) is 5.82 Å². The molecule has 0 bridgehead atoms. The number of anilines is 1. The molecule has 6 atom stereocenters. The molecule has 3 rings (SSSR count). The topological polar surface area (TPSA) is 239 Å². The highest BCUT2D eigenvalue weighted by Gasteiger charge is 2.46. The van der Waals surface area contributed by atoms with Gasteiger partial charge >= 0.3 is 15.6 Å². The Bertz CT molecular complexity index is 1140. The third-order valence-electron chi connectivity index (χ3n) is 4.66. The fraction of sp³-hybridized carbons (Fsp3) is 0.500. The number of aliphatic hydroxyl groups is 2. The van der Waals surface area contributed by atoms with Gasteiger partial charge < -0.3 is 30.5 Å². The number of carbonyl (C=O) groups is 1. The van der Waals surface area contributed by atoms with Crippen LogP contribution in [0.3, 0.4) is 0 Å². The van der Waals surface area contributed by atoms with Crippen LogP contribution in [-0.2, 0) is 32.0 Å². The molecule has 18 heteroatoms. The van der Waals surface area contributed by atoms with E-state index in [2.05, 4.69) is 34.9 Å². The molecule has 0 saturated carbocycles. The van der Waals surface area contributed by atoms with Crippen molar-refractivity contribution in [2.24, 2.45) is 0 Å². The van der Waals surface area contributed by atoms with Crippen molar-refractivity contribution in [3.63, 3.8) is 0 Å². The molecular formula is C16H23N5O11P2. The quantitative estimate of drug-likeness (QED) is 0.138. The van der Waals surface area contributed by atoms with Crippen molar-refractivity contribution in [3.05, 3.63) is 25.3 Å². The number of nitrogen functional groups attached to an aromatic ring is 1. The summed E-state index contributed by atoms with van der Waals surface area (Å²) in [6.45, 7) is 2.05. The van der Waals surface area contributed by atoms with Crippen molar-refractivity contribution in [2.75, 3.05) is 18.9 Å². The number of nitrogens with zero attached hydrogens (tertiary/aromatic N) is 4. The van der Waals surface area contributed by atoms with Gasteiger partial charge in [-0.2, -0.15) is 4.31 Å². The first-order valence-corrected chi connectivity index (χ1v) is 12.7. The number of allylic oxidation sites excluding steroid dienone is 1. The average molecular weight is 523 g/mol. The van der Waals surface area contributed by atoms with Gasteiger partial charge in [0.15, 0.2) is 23.5 Å². The molecule has 188 valence electrons. The van der Waals surface area contributed by atoms with Crippen LogP contribution in [0.1, 0.15) is 19.1 Å². The van der Waals surface area contributed by atoms with Crippen LogP contribution < -0.4 is 5.73 Å². The maximum Gasteiger partial charge on any atom is 0.481 e. The Morgan fingerprint density at radius 3 is 2.62 bits per heavy atom. The summed E-state index contributed by atoms with van der Waals surface area (Å²) in [5.74, 6) is -0.235. The van der Waals surface area contributed by atoms with E-state index in [1.807, 2.05) is 0 Å². The Morgan fingerprint density at radius 2 is 1.91 bits per heavy atom. The highest BCUT2D eigenvalue weighted by atomic mass is 31.3. The highest BCUT2D eigenvalue weighted by molar-refractivity contribution is 7.61. The van der Waals surface area contributed by atoms with Gasteiger partial charge in [0.2, 0.25) is 0 Å². The number of carbonyl (C=O) groups excluding carboxylic acids is 1. The zero-order chi connectivity index (χ0) is 25.1. The molecule has 2 aromatic heterocycles. The van der Waals surface area contributed by atoms with E-state index in [1.54, 1.807) is 0 Å². The third kappa shape index (κ3) is 6.31. The van der Waals surface area contributed by atoms with E-state index in [0.29, 0.717) is 0 Å². The van der Waals surface area contributed by atoms with Gasteiger partial charge in [0.25, 0.3) is 0 Å². The Labute approximate surface area is 192 Å². The number of hydrogen-bond donors (Lipinski definition) is 5. The smallest absolute Gasteiger partial charge is 0.387 e. The third-order valence-corrected chi connectivity index (χ3v) is 7.29. The van der Waals surface area contributed by atoms with Crippen LogP contribution in [0.2, 0.25) is 0 Å². The van der Waals surface area contributed by atoms with Crippen LogP contribution >= 0.6 is 15.6 Å². The number of ether oxygens (including phenoxy) is 1. The number of hydrogen-bond acceptors (Lipinski definition) is 13. The largest absolute Gasteiger partial charge is 0.481 e. The summed E-state index contributed by atoms with van der Waals surface area (Å²) in [5, 5.41) is 20.6. The molecule has 2 unspecified atom stereocenters. The van der Waals surface area contributed by atoms with E-state index in [4.69, 9.17) is 10.5 Å². The molecule has 1 aliphatic heterocycles. The fourth-order valence-electron chi connectivity index (χ4n) is 3.03. The van der Waals surface area contributed by atoms with Gasteiger partial charge in [-0.05, 0) is 12.5 Å². The zero-order valence-electron chi connectivity index (χ0n) is 17.5. The van der Waals surface area contributed by atoms with Crippen LogP contribution in [0.15, 0.2) is 25.3 Å². The second-order valence-electron chi connectivity index (χ2n) is 7.05. The summed E-state index contributed by atoms with van der Waals surface area (Å²) >= 11 is 0. The van der Waals surface area contributed by atoms with Crippen molar-refractivity contribution in [3.8, 4) is 0 Å². The van der Waals surface area contributed by atoms with Gasteiger partial charge in [0, 0.05) is 6.42 Å². The van der Waals surface area contributed by atoms with Crippen LogP contribution in [0.25, 0.3) is 11.2 Å². The van der Waals surface area contributed by atoms with Crippen molar-refractivity contribution in [1.29, 1.82) is 0 Å². The molecule has 2 aromatic rings. The lowest BCUT2D eigenvalue weighted by atomic mass is 10.1. The number of phosphoric ester groups is 2. The molecular weight excluding hydrogens is 500 g/mol. The summed E-state index contributed by atoms with van der Waals surface area (Å²) in [5.41, 5.74) is 6.15. The molecule has 6 N–H and O–H groups in total. The lowest BCUT2D eigenvalue weighted by Gasteiger charge is -2.19. The number of ketones is 1. The SMILES string of the molecule is C=CC(=O)CCCOP(=O)(O)OP(=O)(O)OC[C@H]1O[C@@H](n2cnc3c(N)ncnc32)[C@H](O)[C@@H]1O. The molecule has 0 aromatic carbocycles. The van der Waals surface area contributed by atoms with E-state index in [-0.39, 0.29) is 35.6 Å². The molecule has 0 amide bonds. The maximum atomic E-state index is 12.1. The number of aromatic nitrogens is 4. The van der Waals surface area contributed by atoms with Gasteiger partial charge in [-0.1, -0.05) is 6.58 Å². The van der Waals surface area contributed by atoms with E-state index in [1.165, 1.54) is 17.2 Å². The molecule has 16 nitrogen and oxygen atoms in total. The minimum atomic E-state index is -5.16. The van der Waals surface area contributed by atoms with Gasteiger partial charge in [-0.15, -0.1) is 0 Å². The molecule has 1 aliphatic rings. The maximum absolute atomic E-state index is 12.1. The van der Waals surface area contributed by atoms with E-state index >= 15 is 0 Å². The number of phosphoric acid groups is 2. The lowest BCUT2D eigenvalue weighted by molar-refractivity contribution is -0.114. The number of nitrogens with two attached hydrogens (primary N) is 1. The first kappa shape index (κ1) is 26.5. The fourth-order valence-corrected chi connectivity index (χ4v) is 5.14. The standard InChI is InChI=1S/C16H23N5O11P2/c1-2-9(22)4-3-5-29-33(25,26)32-34(27,28)30-6-10-12(23)13(24)16(31-10)21-8-20-11-14(17)18-7-19-15(11)21/h2,7-8,10,12-13,16,23-24H,1,3-6H2,(H,25,26)(H,27,28)(H2,17,18,19)/t10-,12-,13-,16-/m1/s1. The van der Waals surface area contributed by atoms with Crippen molar-refractivity contribution < 1.29 is 52.0 Å². The predicted octanol–water partition coefficient (Wildman–Crippen LogP) is -0.186. The second-order valence-corrected chi connectivity index (χ2v) is 10.1. The van der Waals surface area contributed by atoms with Gasteiger partial charge in [0.05, 0.1) is 19.5 Å². The monoisotopic (exact) mass is 523 g/mol. The summed E-state index contributed by atoms with van der Waals surface area (Å²) in [6.07, 6.45) is -2.14. The normalized spacial score (nSPS) is 26.2. The number of rotatable bonds is 12. The van der Waals surface area contributed by atoms with E-state index < -0.39 is 53.4 Å². The number of aliphatic hydroxyl groups excluding tert-OH is 2. The number of imidazole rings is 1. The van der Waals surface area contributed by atoms with Crippen molar-refractivity contribution in [2.45, 2.75) is 37.4 Å². The summed E-state index contributed by atoms with van der Waals surface area (Å²) in [6, 6.07) is 0. The Hall–Kier alpha value is -2.10. The Balaban J connectivity index is 1.57. The van der Waals surface area contributed by atoms with Gasteiger partial charge in [-0.25, -0.2) is 24.1 Å². The zero-order valence-corrected chi connectivity index (χ0v) is 19.3. The predicted molar refractivity (Wildman–Crippen MR) is 113 cm³/mol.